The summed E-state index contributed by atoms with van der Waals surface area (Å²) in [5, 5.41) is 2.45. The van der Waals surface area contributed by atoms with Gasteiger partial charge in [-0.25, -0.2) is 9.78 Å². The lowest BCUT2D eigenvalue weighted by molar-refractivity contribution is -0.154. The number of aromatic nitrogens is 1. The van der Waals surface area contributed by atoms with Crippen molar-refractivity contribution in [2.45, 2.75) is 24.9 Å². The molecule has 3 aromatic rings. The maximum Gasteiger partial charge on any atom is 0.330 e. The molecular weight excluding hydrogens is 396 g/mol. The Kier molecular flexibility index (Phi) is 5.50. The Morgan fingerprint density at radius 3 is 2.79 bits per heavy atom. The Bertz CT molecular complexity index is 956. The molecule has 4 rings (SSSR count). The first kappa shape index (κ1) is 18.8. The predicted molar refractivity (Wildman–Crippen MR) is 108 cm³/mol. The molecule has 1 aliphatic rings. The van der Waals surface area contributed by atoms with E-state index in [0.717, 1.165) is 10.6 Å². The Morgan fingerprint density at radius 1 is 1.25 bits per heavy atom. The average molecular weight is 415 g/mol. The standard InChI is InChI=1S/C20H18N2O4S2/c1-13(23)22-16(12-28-19(22)17-8-5-9-25-17)20(24)26-10-15-11-27-18(21-15)14-6-3-2-4-7-14/h2-9,11,16,19H,10,12H2,1H3/t16-,19-/m1/s1. The first-order valence-electron chi connectivity index (χ1n) is 8.74. The fraction of sp³-hybridized carbons (Fsp3) is 0.250. The number of thiazole rings is 1. The third-order valence-corrected chi connectivity index (χ3v) is 6.58. The molecule has 2 atom stereocenters. The zero-order chi connectivity index (χ0) is 19.5. The summed E-state index contributed by atoms with van der Waals surface area (Å²) < 4.78 is 10.9. The Morgan fingerprint density at radius 2 is 2.07 bits per heavy atom. The molecule has 144 valence electrons. The molecule has 0 aliphatic carbocycles. The van der Waals surface area contributed by atoms with Crippen LogP contribution in [-0.4, -0.2) is 33.6 Å². The molecule has 0 spiro atoms. The van der Waals surface area contributed by atoms with E-state index in [2.05, 4.69) is 4.98 Å². The van der Waals surface area contributed by atoms with Crippen molar-refractivity contribution in [3.8, 4) is 10.6 Å². The van der Waals surface area contributed by atoms with Crippen molar-refractivity contribution in [2.75, 3.05) is 5.75 Å². The lowest BCUT2D eigenvalue weighted by Crippen LogP contribution is -2.42. The molecule has 2 aromatic heterocycles. The quantitative estimate of drug-likeness (QED) is 0.585. The van der Waals surface area contributed by atoms with Gasteiger partial charge in [0.05, 0.1) is 12.0 Å². The SMILES string of the molecule is CC(=O)N1[C@@H](C(=O)OCc2csc(-c3ccccc3)n2)CS[C@@H]1c1ccco1. The van der Waals surface area contributed by atoms with Gasteiger partial charge in [0.15, 0.2) is 0 Å². The molecule has 0 radical (unpaired) electrons. The van der Waals surface area contributed by atoms with Crippen molar-refractivity contribution in [3.05, 3.63) is 65.6 Å². The average Bonchev–Trinajstić information content (AvgIpc) is 3.46. The van der Waals surface area contributed by atoms with E-state index in [1.165, 1.54) is 34.9 Å². The molecule has 1 saturated heterocycles. The minimum atomic E-state index is -0.634. The third kappa shape index (κ3) is 3.83. The Labute approximate surface area is 170 Å². The van der Waals surface area contributed by atoms with Gasteiger partial charge in [0, 0.05) is 23.6 Å². The number of thioether (sulfide) groups is 1. The van der Waals surface area contributed by atoms with Crippen LogP contribution in [0.5, 0.6) is 0 Å². The minimum Gasteiger partial charge on any atom is -0.466 e. The summed E-state index contributed by atoms with van der Waals surface area (Å²) in [6.45, 7) is 1.54. The normalized spacial score (nSPS) is 19.0. The number of furan rings is 1. The number of carbonyl (C=O) groups excluding carboxylic acids is 2. The summed E-state index contributed by atoms with van der Waals surface area (Å²) in [6, 6.07) is 12.8. The predicted octanol–water partition coefficient (Wildman–Crippen LogP) is 4.11. The van der Waals surface area contributed by atoms with E-state index < -0.39 is 12.0 Å². The molecule has 1 fully saturated rings. The van der Waals surface area contributed by atoms with Crippen molar-refractivity contribution in [3.63, 3.8) is 0 Å². The van der Waals surface area contributed by atoms with Gasteiger partial charge in [-0.05, 0) is 12.1 Å². The highest BCUT2D eigenvalue weighted by Crippen LogP contribution is 2.41. The van der Waals surface area contributed by atoms with Gasteiger partial charge in [0.25, 0.3) is 0 Å². The van der Waals surface area contributed by atoms with Crippen LogP contribution in [-0.2, 0) is 20.9 Å². The fourth-order valence-electron chi connectivity index (χ4n) is 3.05. The van der Waals surface area contributed by atoms with Gasteiger partial charge in [-0.2, -0.15) is 0 Å². The van der Waals surface area contributed by atoms with Crippen LogP contribution in [0.15, 0.2) is 58.5 Å². The highest BCUT2D eigenvalue weighted by molar-refractivity contribution is 7.99. The van der Waals surface area contributed by atoms with Crippen molar-refractivity contribution in [2.24, 2.45) is 0 Å². The van der Waals surface area contributed by atoms with Crippen molar-refractivity contribution >= 4 is 35.0 Å². The summed E-state index contributed by atoms with van der Waals surface area (Å²) in [6.07, 6.45) is 1.56. The molecule has 28 heavy (non-hydrogen) atoms. The van der Waals surface area contributed by atoms with Crippen LogP contribution in [0.4, 0.5) is 0 Å². The van der Waals surface area contributed by atoms with Gasteiger partial charge in [-0.1, -0.05) is 30.3 Å². The molecule has 0 N–H and O–H groups in total. The topological polar surface area (TPSA) is 72.6 Å². The largest absolute Gasteiger partial charge is 0.466 e. The van der Waals surface area contributed by atoms with Crippen molar-refractivity contribution in [1.29, 1.82) is 0 Å². The van der Waals surface area contributed by atoms with Crippen LogP contribution in [0.25, 0.3) is 10.6 Å². The van der Waals surface area contributed by atoms with Crippen LogP contribution in [0.3, 0.4) is 0 Å². The molecule has 8 heteroatoms. The maximum atomic E-state index is 12.6. The number of nitrogens with zero attached hydrogens (tertiary/aromatic N) is 2. The van der Waals surface area contributed by atoms with Gasteiger partial charge in [0.1, 0.15) is 28.8 Å². The Balaban J connectivity index is 1.41. The van der Waals surface area contributed by atoms with Gasteiger partial charge in [0.2, 0.25) is 5.91 Å². The van der Waals surface area contributed by atoms with Crippen molar-refractivity contribution < 1.29 is 18.7 Å². The second-order valence-corrected chi connectivity index (χ2v) is 8.23. The molecule has 0 unspecified atom stereocenters. The van der Waals surface area contributed by atoms with Gasteiger partial charge < -0.3 is 14.1 Å². The lowest BCUT2D eigenvalue weighted by atomic mass is 10.2. The zero-order valence-electron chi connectivity index (χ0n) is 15.1. The summed E-state index contributed by atoms with van der Waals surface area (Å²) in [5.74, 6) is 0.512. The number of benzene rings is 1. The highest BCUT2D eigenvalue weighted by atomic mass is 32.2. The molecule has 1 aliphatic heterocycles. The number of hydrogen-bond donors (Lipinski definition) is 0. The maximum absolute atomic E-state index is 12.6. The monoisotopic (exact) mass is 414 g/mol. The molecular formula is C20H18N2O4S2. The second-order valence-electron chi connectivity index (χ2n) is 6.26. The number of amides is 1. The Hall–Kier alpha value is -2.58. The van der Waals surface area contributed by atoms with E-state index in [1.54, 1.807) is 12.3 Å². The smallest absolute Gasteiger partial charge is 0.330 e. The molecule has 0 bridgehead atoms. The van der Waals surface area contributed by atoms with E-state index in [9.17, 15) is 9.59 Å². The lowest BCUT2D eigenvalue weighted by Gasteiger charge is -2.25. The summed E-state index contributed by atoms with van der Waals surface area (Å²) in [7, 11) is 0. The van der Waals surface area contributed by atoms with E-state index in [4.69, 9.17) is 9.15 Å². The number of ether oxygens (including phenoxy) is 1. The minimum absolute atomic E-state index is 0.0838. The second kappa shape index (κ2) is 8.20. The number of carbonyl (C=O) groups is 2. The molecule has 0 saturated carbocycles. The molecule has 1 amide bonds. The summed E-state index contributed by atoms with van der Waals surface area (Å²) >= 11 is 3.00. The first-order valence-corrected chi connectivity index (χ1v) is 10.7. The van der Waals surface area contributed by atoms with Crippen LogP contribution in [0.1, 0.15) is 23.8 Å². The molecule has 3 heterocycles. The van der Waals surface area contributed by atoms with Crippen LogP contribution < -0.4 is 0 Å². The summed E-state index contributed by atoms with van der Waals surface area (Å²) in [5.41, 5.74) is 1.72. The third-order valence-electron chi connectivity index (χ3n) is 4.36. The van der Waals surface area contributed by atoms with Gasteiger partial charge >= 0.3 is 5.97 Å². The number of esters is 1. The van der Waals surface area contributed by atoms with Crippen molar-refractivity contribution in [1.82, 2.24) is 9.88 Å². The zero-order valence-corrected chi connectivity index (χ0v) is 16.7. The van der Waals surface area contributed by atoms with Gasteiger partial charge in [-0.3, -0.25) is 4.79 Å². The molecule has 6 nitrogen and oxygen atoms in total. The van der Waals surface area contributed by atoms with E-state index in [0.29, 0.717) is 17.2 Å². The summed E-state index contributed by atoms with van der Waals surface area (Å²) in [4.78, 5) is 30.9. The van der Waals surface area contributed by atoms with Crippen LogP contribution in [0, 0.1) is 0 Å². The van der Waals surface area contributed by atoms with E-state index >= 15 is 0 Å². The van der Waals surface area contributed by atoms with E-state index in [1.807, 2.05) is 41.8 Å². The number of hydrogen-bond acceptors (Lipinski definition) is 7. The first-order chi connectivity index (χ1) is 13.6. The van der Waals surface area contributed by atoms with E-state index in [-0.39, 0.29) is 17.9 Å². The highest BCUT2D eigenvalue weighted by Gasteiger charge is 2.43. The van der Waals surface area contributed by atoms with Crippen LogP contribution in [0.2, 0.25) is 0 Å². The van der Waals surface area contributed by atoms with Gasteiger partial charge in [-0.15, -0.1) is 23.1 Å². The number of rotatable bonds is 5. The van der Waals surface area contributed by atoms with Crippen LogP contribution >= 0.6 is 23.1 Å². The molecule has 1 aromatic carbocycles. The fourth-order valence-corrected chi connectivity index (χ4v) is 5.28.